The summed E-state index contributed by atoms with van der Waals surface area (Å²) in [5, 5.41) is 35.6. The molecule has 21 heavy (non-hydrogen) atoms. The maximum atomic E-state index is 11.5. The molecular formula is C16H19NO4. The van der Waals surface area contributed by atoms with E-state index in [4.69, 9.17) is 4.74 Å². The summed E-state index contributed by atoms with van der Waals surface area (Å²) in [6.45, 7) is 2.01. The Morgan fingerprint density at radius 2 is 2.19 bits per heavy atom. The molecule has 1 saturated carbocycles. The summed E-state index contributed by atoms with van der Waals surface area (Å²) in [4.78, 5) is 0. The molecular weight excluding hydrogens is 270 g/mol. The molecule has 2 fully saturated rings. The molecule has 5 rings (SSSR count). The summed E-state index contributed by atoms with van der Waals surface area (Å²) in [7, 11) is 0. The lowest BCUT2D eigenvalue weighted by atomic mass is 9.55. The van der Waals surface area contributed by atoms with Crippen molar-refractivity contribution >= 4 is 0 Å². The molecule has 0 radical (unpaired) electrons. The minimum Gasteiger partial charge on any atom is -0.504 e. The Kier molecular flexibility index (Phi) is 1.97. The number of aliphatic hydroxyl groups excluding tert-OH is 1. The fourth-order valence-corrected chi connectivity index (χ4v) is 5.46. The third-order valence-corrected chi connectivity index (χ3v) is 6.36. The maximum Gasteiger partial charge on any atom is 0.165 e. The van der Waals surface area contributed by atoms with Crippen molar-refractivity contribution in [2.45, 2.75) is 61.5 Å². The van der Waals surface area contributed by atoms with Crippen molar-refractivity contribution in [1.82, 2.24) is 5.32 Å². The predicted molar refractivity (Wildman–Crippen MR) is 74.3 cm³/mol. The van der Waals surface area contributed by atoms with E-state index in [0.29, 0.717) is 18.6 Å². The third-order valence-electron chi connectivity index (χ3n) is 6.36. The van der Waals surface area contributed by atoms with E-state index in [-0.39, 0.29) is 17.8 Å². The van der Waals surface area contributed by atoms with Crippen molar-refractivity contribution in [3.63, 3.8) is 0 Å². The van der Waals surface area contributed by atoms with Crippen molar-refractivity contribution in [3.05, 3.63) is 23.3 Å². The summed E-state index contributed by atoms with van der Waals surface area (Å²) in [5.74, 6) is 0.572. The van der Waals surface area contributed by atoms with Crippen molar-refractivity contribution in [2.75, 3.05) is 0 Å². The van der Waals surface area contributed by atoms with Gasteiger partial charge in [-0.05, 0) is 37.8 Å². The molecule has 2 bridgehead atoms. The lowest BCUT2D eigenvalue weighted by molar-refractivity contribution is -0.174. The fraction of sp³-hybridized carbons (Fsp3) is 0.625. The maximum absolute atomic E-state index is 11.5. The Balaban J connectivity index is 1.87. The van der Waals surface area contributed by atoms with Gasteiger partial charge in [0.15, 0.2) is 11.5 Å². The van der Waals surface area contributed by atoms with Gasteiger partial charge in [0, 0.05) is 17.6 Å². The van der Waals surface area contributed by atoms with Gasteiger partial charge in [0.2, 0.25) is 0 Å². The summed E-state index contributed by atoms with van der Waals surface area (Å²) in [5.41, 5.74) is 0.485. The number of fused-ring (bicyclic) bond motifs is 2. The van der Waals surface area contributed by atoms with Crippen LogP contribution in [0.3, 0.4) is 0 Å². The second-order valence-electron chi connectivity index (χ2n) is 7.06. The quantitative estimate of drug-likeness (QED) is 0.565. The zero-order valence-electron chi connectivity index (χ0n) is 11.8. The van der Waals surface area contributed by atoms with Gasteiger partial charge in [-0.1, -0.05) is 6.07 Å². The predicted octanol–water partition coefficient (Wildman–Crippen LogP) is 0.713. The van der Waals surface area contributed by atoms with Crippen LogP contribution in [0.1, 0.15) is 43.4 Å². The average molecular weight is 289 g/mol. The van der Waals surface area contributed by atoms with Crippen molar-refractivity contribution < 1.29 is 20.1 Å². The molecule has 1 aromatic rings. The van der Waals surface area contributed by atoms with Gasteiger partial charge in [-0.2, -0.15) is 0 Å². The number of hydrogen-bond donors (Lipinski definition) is 4. The van der Waals surface area contributed by atoms with Crippen molar-refractivity contribution in [3.8, 4) is 11.5 Å². The topological polar surface area (TPSA) is 82.0 Å². The standard InChI is InChI=1S/C16H19NO4/c1-7-16(20)5-4-11(19)14-15(16)6-9(17-7)8-2-3-10(18)13(21-14)12(8)15/h2-3,7,9,11,14,17-20H,4-6H2,1H3/t7-,9?,11-,14+,15+,16-/m1/s1. The Bertz CT molecular complexity index is 662. The number of rotatable bonds is 0. The molecule has 0 amide bonds. The molecule has 5 nitrogen and oxygen atoms in total. The highest BCUT2D eigenvalue weighted by Gasteiger charge is 2.73. The van der Waals surface area contributed by atoms with Crippen LogP contribution in [0.15, 0.2) is 12.1 Å². The van der Waals surface area contributed by atoms with Gasteiger partial charge in [-0.3, -0.25) is 0 Å². The molecule has 4 N–H and O–H groups in total. The normalized spacial score (nSPS) is 48.9. The number of nitrogens with one attached hydrogen (secondary N) is 1. The molecule has 2 aliphatic carbocycles. The number of aliphatic hydroxyl groups is 2. The van der Waals surface area contributed by atoms with E-state index in [1.165, 1.54) is 0 Å². The molecule has 2 heterocycles. The summed E-state index contributed by atoms with van der Waals surface area (Å²) >= 11 is 0. The van der Waals surface area contributed by atoms with Crippen LogP contribution in [0.25, 0.3) is 0 Å². The van der Waals surface area contributed by atoms with Gasteiger partial charge >= 0.3 is 0 Å². The SMILES string of the molecule is C[C@H]1NC2C[C@]34c5c2ccc(O)c5O[C@H]3[C@H](O)CC[C@@]14O. The smallest absolute Gasteiger partial charge is 0.165 e. The van der Waals surface area contributed by atoms with Crippen molar-refractivity contribution in [2.24, 2.45) is 0 Å². The minimum atomic E-state index is -0.947. The van der Waals surface area contributed by atoms with Crippen LogP contribution in [0.2, 0.25) is 0 Å². The summed E-state index contributed by atoms with van der Waals surface area (Å²) in [6, 6.07) is 3.66. The Morgan fingerprint density at radius 1 is 1.38 bits per heavy atom. The molecule has 1 unspecified atom stereocenters. The molecule has 0 aromatic heterocycles. The van der Waals surface area contributed by atoms with Crippen LogP contribution < -0.4 is 10.1 Å². The molecule has 4 aliphatic rings. The Hall–Kier alpha value is -1.30. The van der Waals surface area contributed by atoms with Gasteiger partial charge in [0.25, 0.3) is 0 Å². The Morgan fingerprint density at radius 3 is 3.00 bits per heavy atom. The number of ether oxygens (including phenoxy) is 1. The molecule has 2 aliphatic heterocycles. The molecule has 112 valence electrons. The summed E-state index contributed by atoms with van der Waals surface area (Å²) in [6.07, 6.45) is 0.718. The van der Waals surface area contributed by atoms with Crippen LogP contribution in [0, 0.1) is 0 Å². The average Bonchev–Trinajstić information content (AvgIpc) is 2.93. The van der Waals surface area contributed by atoms with Crippen LogP contribution in [-0.2, 0) is 5.41 Å². The highest BCUT2D eigenvalue weighted by molar-refractivity contribution is 5.64. The lowest BCUT2D eigenvalue weighted by Gasteiger charge is -2.56. The van der Waals surface area contributed by atoms with E-state index in [0.717, 1.165) is 17.5 Å². The number of phenols is 1. The van der Waals surface area contributed by atoms with E-state index in [1.807, 2.05) is 13.0 Å². The first-order valence-corrected chi connectivity index (χ1v) is 7.68. The second-order valence-corrected chi connectivity index (χ2v) is 7.06. The minimum absolute atomic E-state index is 0.0738. The first-order chi connectivity index (χ1) is 9.99. The largest absolute Gasteiger partial charge is 0.504 e. The first kappa shape index (κ1) is 12.3. The second kappa shape index (κ2) is 3.37. The van der Waals surface area contributed by atoms with E-state index in [2.05, 4.69) is 5.32 Å². The fourth-order valence-electron chi connectivity index (χ4n) is 5.46. The van der Waals surface area contributed by atoms with E-state index in [9.17, 15) is 15.3 Å². The number of benzene rings is 1. The van der Waals surface area contributed by atoms with Gasteiger partial charge in [0.1, 0.15) is 6.10 Å². The highest BCUT2D eigenvalue weighted by atomic mass is 16.5. The number of phenolic OH excluding ortho intramolecular Hbond substituents is 1. The van der Waals surface area contributed by atoms with E-state index >= 15 is 0 Å². The number of piperidine rings is 1. The van der Waals surface area contributed by atoms with Gasteiger partial charge in [0.05, 0.1) is 17.1 Å². The van der Waals surface area contributed by atoms with Gasteiger partial charge < -0.3 is 25.4 Å². The number of hydrogen-bond acceptors (Lipinski definition) is 5. The van der Waals surface area contributed by atoms with E-state index < -0.39 is 23.2 Å². The molecule has 5 heteroatoms. The molecule has 6 atom stereocenters. The lowest BCUT2D eigenvalue weighted by Crippen LogP contribution is -2.72. The van der Waals surface area contributed by atoms with Crippen molar-refractivity contribution in [1.29, 1.82) is 0 Å². The molecule has 1 saturated heterocycles. The van der Waals surface area contributed by atoms with Gasteiger partial charge in [-0.15, -0.1) is 0 Å². The Labute approximate surface area is 122 Å². The summed E-state index contributed by atoms with van der Waals surface area (Å²) < 4.78 is 5.97. The third kappa shape index (κ3) is 1.07. The molecule has 1 spiro atoms. The van der Waals surface area contributed by atoms with Gasteiger partial charge in [-0.25, -0.2) is 0 Å². The molecule has 1 aromatic carbocycles. The van der Waals surface area contributed by atoms with Crippen LogP contribution in [0.5, 0.6) is 11.5 Å². The zero-order valence-corrected chi connectivity index (χ0v) is 11.8. The zero-order chi connectivity index (χ0) is 14.6. The van der Waals surface area contributed by atoms with Crippen LogP contribution >= 0.6 is 0 Å². The van der Waals surface area contributed by atoms with Crippen LogP contribution in [0.4, 0.5) is 0 Å². The highest BCUT2D eigenvalue weighted by Crippen LogP contribution is 2.68. The number of aromatic hydroxyl groups is 1. The van der Waals surface area contributed by atoms with Crippen LogP contribution in [-0.4, -0.2) is 39.2 Å². The van der Waals surface area contributed by atoms with E-state index in [1.54, 1.807) is 6.07 Å². The first-order valence-electron chi connectivity index (χ1n) is 7.68. The monoisotopic (exact) mass is 289 g/mol.